The fourth-order valence-corrected chi connectivity index (χ4v) is 3.07. The Kier molecular flexibility index (Phi) is 6.05. The monoisotopic (exact) mass is 291 g/mol. The number of benzene rings is 1. The first-order chi connectivity index (χ1) is 10.2. The number of hydrogen-bond acceptors (Lipinski definition) is 3. The van der Waals surface area contributed by atoms with Gasteiger partial charge in [0.25, 0.3) is 0 Å². The molecule has 0 radical (unpaired) electrons. The van der Waals surface area contributed by atoms with Crippen molar-refractivity contribution in [1.82, 2.24) is 5.32 Å². The second-order valence-electron chi connectivity index (χ2n) is 5.69. The Bertz CT molecular complexity index is 444. The molecule has 0 aliphatic heterocycles. The molecule has 1 aliphatic rings. The lowest BCUT2D eigenvalue weighted by atomic mass is 9.83. The van der Waals surface area contributed by atoms with E-state index in [0.717, 1.165) is 18.2 Å². The van der Waals surface area contributed by atoms with Gasteiger partial charge in [-0.15, -0.1) is 0 Å². The molecule has 1 aromatic carbocycles. The van der Waals surface area contributed by atoms with Crippen molar-refractivity contribution >= 4 is 5.97 Å². The third-order valence-corrected chi connectivity index (χ3v) is 4.31. The van der Waals surface area contributed by atoms with Crippen molar-refractivity contribution in [1.29, 1.82) is 0 Å². The van der Waals surface area contributed by atoms with Gasteiger partial charge in [-0.1, -0.05) is 26.2 Å². The van der Waals surface area contributed by atoms with Crippen molar-refractivity contribution < 1.29 is 14.6 Å². The van der Waals surface area contributed by atoms with Crippen molar-refractivity contribution in [3.05, 3.63) is 29.8 Å². The van der Waals surface area contributed by atoms with Crippen LogP contribution in [0.4, 0.5) is 0 Å². The molecule has 1 saturated carbocycles. The summed E-state index contributed by atoms with van der Waals surface area (Å²) in [6.45, 7) is 3.71. The van der Waals surface area contributed by atoms with Gasteiger partial charge >= 0.3 is 5.97 Å². The molecular formula is C17H25NO3. The number of nitrogens with one attached hydrogen (secondary N) is 1. The number of carboxylic acids is 1. The van der Waals surface area contributed by atoms with Crippen molar-refractivity contribution in [2.45, 2.75) is 45.1 Å². The smallest absolute Gasteiger partial charge is 0.335 e. The van der Waals surface area contributed by atoms with Crippen LogP contribution >= 0.6 is 0 Å². The lowest BCUT2D eigenvalue weighted by molar-refractivity contribution is 0.0697. The zero-order valence-corrected chi connectivity index (χ0v) is 12.7. The Morgan fingerprint density at radius 1 is 1.29 bits per heavy atom. The van der Waals surface area contributed by atoms with E-state index in [2.05, 4.69) is 12.2 Å². The predicted octanol–water partition coefficient (Wildman–Crippen LogP) is 3.32. The van der Waals surface area contributed by atoms with Gasteiger partial charge in [-0.25, -0.2) is 4.79 Å². The maximum absolute atomic E-state index is 10.8. The molecule has 0 spiro atoms. The van der Waals surface area contributed by atoms with Crippen molar-refractivity contribution in [3.63, 3.8) is 0 Å². The van der Waals surface area contributed by atoms with Gasteiger partial charge < -0.3 is 15.2 Å². The molecule has 1 aliphatic carbocycles. The van der Waals surface area contributed by atoms with E-state index in [1.807, 2.05) is 0 Å². The van der Waals surface area contributed by atoms with Crippen LogP contribution < -0.4 is 10.1 Å². The molecule has 0 aromatic heterocycles. The molecule has 0 bridgehead atoms. The molecule has 4 heteroatoms. The quantitative estimate of drug-likeness (QED) is 0.757. The summed E-state index contributed by atoms with van der Waals surface area (Å²) in [6, 6.07) is 7.18. The van der Waals surface area contributed by atoms with E-state index in [1.54, 1.807) is 24.3 Å². The fourth-order valence-electron chi connectivity index (χ4n) is 3.07. The number of rotatable bonds is 7. The standard InChI is InChI=1S/C17H25NO3/c1-2-13-5-3-4-6-16(13)18-11-12-21-15-9-7-14(8-10-15)17(19)20/h7-10,13,16,18H,2-6,11-12H2,1H3,(H,19,20). The lowest BCUT2D eigenvalue weighted by Gasteiger charge is -2.31. The zero-order chi connectivity index (χ0) is 15.1. The number of carbonyl (C=O) groups is 1. The molecule has 0 amide bonds. The van der Waals surface area contributed by atoms with Gasteiger partial charge in [0.2, 0.25) is 0 Å². The Labute approximate surface area is 126 Å². The molecule has 2 atom stereocenters. The topological polar surface area (TPSA) is 58.6 Å². The van der Waals surface area contributed by atoms with Crippen LogP contribution in [-0.2, 0) is 0 Å². The number of ether oxygens (including phenoxy) is 1. The second kappa shape index (κ2) is 8.03. The number of aromatic carboxylic acids is 1. The average Bonchev–Trinajstić information content (AvgIpc) is 2.52. The van der Waals surface area contributed by atoms with E-state index in [4.69, 9.17) is 9.84 Å². The van der Waals surface area contributed by atoms with Gasteiger partial charge in [0, 0.05) is 12.6 Å². The highest BCUT2D eigenvalue weighted by Crippen LogP contribution is 2.26. The minimum absolute atomic E-state index is 0.286. The Morgan fingerprint density at radius 3 is 2.67 bits per heavy atom. The number of carboxylic acid groups (broad SMARTS) is 1. The van der Waals surface area contributed by atoms with Crippen LogP contribution in [0, 0.1) is 5.92 Å². The molecule has 116 valence electrons. The maximum atomic E-state index is 10.8. The summed E-state index contributed by atoms with van der Waals surface area (Å²) >= 11 is 0. The van der Waals surface area contributed by atoms with Crippen LogP contribution in [0.2, 0.25) is 0 Å². The van der Waals surface area contributed by atoms with Gasteiger partial charge in [-0.05, 0) is 43.0 Å². The van der Waals surface area contributed by atoms with Gasteiger partial charge in [-0.2, -0.15) is 0 Å². The maximum Gasteiger partial charge on any atom is 0.335 e. The average molecular weight is 291 g/mol. The molecule has 0 saturated heterocycles. The summed E-state index contributed by atoms with van der Waals surface area (Å²) in [7, 11) is 0. The van der Waals surface area contributed by atoms with Crippen molar-refractivity contribution in [2.75, 3.05) is 13.2 Å². The van der Waals surface area contributed by atoms with Crippen LogP contribution in [-0.4, -0.2) is 30.3 Å². The Morgan fingerprint density at radius 2 is 2.00 bits per heavy atom. The second-order valence-corrected chi connectivity index (χ2v) is 5.69. The summed E-state index contributed by atoms with van der Waals surface area (Å²) in [4.78, 5) is 10.8. The zero-order valence-electron chi connectivity index (χ0n) is 12.7. The van der Waals surface area contributed by atoms with Crippen LogP contribution in [0.25, 0.3) is 0 Å². The van der Waals surface area contributed by atoms with E-state index in [9.17, 15) is 4.79 Å². The molecule has 4 nitrogen and oxygen atoms in total. The molecule has 1 fully saturated rings. The molecule has 1 aromatic rings. The summed E-state index contributed by atoms with van der Waals surface area (Å²) in [5.74, 6) is 0.609. The van der Waals surface area contributed by atoms with E-state index >= 15 is 0 Å². The SMILES string of the molecule is CCC1CCCCC1NCCOc1ccc(C(=O)O)cc1. The van der Waals surface area contributed by atoms with E-state index in [0.29, 0.717) is 12.6 Å². The van der Waals surface area contributed by atoms with E-state index in [1.165, 1.54) is 32.1 Å². The Hall–Kier alpha value is -1.55. The van der Waals surface area contributed by atoms with Crippen LogP contribution in [0.15, 0.2) is 24.3 Å². The predicted molar refractivity (Wildman–Crippen MR) is 82.9 cm³/mol. The van der Waals surface area contributed by atoms with Crippen LogP contribution in [0.5, 0.6) is 5.75 Å². The molecule has 21 heavy (non-hydrogen) atoms. The van der Waals surface area contributed by atoms with Gasteiger partial charge in [-0.3, -0.25) is 0 Å². The molecule has 0 heterocycles. The van der Waals surface area contributed by atoms with Crippen LogP contribution in [0.3, 0.4) is 0 Å². The third-order valence-electron chi connectivity index (χ3n) is 4.31. The summed E-state index contributed by atoms with van der Waals surface area (Å²) in [5.41, 5.74) is 0.286. The van der Waals surface area contributed by atoms with Crippen molar-refractivity contribution in [2.24, 2.45) is 5.92 Å². The summed E-state index contributed by atoms with van der Waals surface area (Å²) in [6.07, 6.45) is 6.54. The minimum Gasteiger partial charge on any atom is -0.492 e. The van der Waals surface area contributed by atoms with Gasteiger partial charge in [0.05, 0.1) is 5.56 Å². The van der Waals surface area contributed by atoms with Crippen molar-refractivity contribution in [3.8, 4) is 5.75 Å². The molecule has 2 N–H and O–H groups in total. The fraction of sp³-hybridized carbons (Fsp3) is 0.588. The first-order valence-electron chi connectivity index (χ1n) is 7.90. The first-order valence-corrected chi connectivity index (χ1v) is 7.90. The van der Waals surface area contributed by atoms with E-state index < -0.39 is 5.97 Å². The van der Waals surface area contributed by atoms with Crippen LogP contribution in [0.1, 0.15) is 49.4 Å². The highest BCUT2D eigenvalue weighted by molar-refractivity contribution is 5.87. The molecule has 2 unspecified atom stereocenters. The molecular weight excluding hydrogens is 266 g/mol. The largest absolute Gasteiger partial charge is 0.492 e. The first kappa shape index (κ1) is 15.8. The third kappa shape index (κ3) is 4.74. The normalized spacial score (nSPS) is 22.0. The summed E-state index contributed by atoms with van der Waals surface area (Å²) in [5, 5.41) is 12.4. The minimum atomic E-state index is -0.911. The van der Waals surface area contributed by atoms with E-state index in [-0.39, 0.29) is 5.56 Å². The van der Waals surface area contributed by atoms with Gasteiger partial charge in [0.15, 0.2) is 0 Å². The highest BCUT2D eigenvalue weighted by atomic mass is 16.5. The van der Waals surface area contributed by atoms with Gasteiger partial charge in [0.1, 0.15) is 12.4 Å². The Balaban J connectivity index is 1.70. The lowest BCUT2D eigenvalue weighted by Crippen LogP contribution is -2.40. The summed E-state index contributed by atoms with van der Waals surface area (Å²) < 4.78 is 5.65. The molecule has 2 rings (SSSR count). The number of hydrogen-bond donors (Lipinski definition) is 2. The highest BCUT2D eigenvalue weighted by Gasteiger charge is 2.22.